The maximum atomic E-state index is 13.7. The number of carbonyl (C=O) groups excluding carboxylic acids is 2. The Hall–Kier alpha value is -4.00. The smallest absolute Gasteiger partial charge is 0.267 e. The number of amides is 2. The van der Waals surface area contributed by atoms with Gasteiger partial charge in [-0.1, -0.05) is 59.6 Å². The molecule has 2 unspecified atom stereocenters. The zero-order chi connectivity index (χ0) is 28.5. The van der Waals surface area contributed by atoms with E-state index in [-0.39, 0.29) is 24.9 Å². The summed E-state index contributed by atoms with van der Waals surface area (Å²) >= 11 is 12.0. The molecule has 0 N–H and O–H groups in total. The molecule has 0 heterocycles. The Morgan fingerprint density at radius 3 is 1.23 bits per heavy atom. The first-order chi connectivity index (χ1) is 19.3. The van der Waals surface area contributed by atoms with E-state index in [1.54, 1.807) is 72.2 Å². The van der Waals surface area contributed by atoms with Crippen molar-refractivity contribution in [3.8, 4) is 11.5 Å². The molecule has 4 aromatic carbocycles. The molecule has 0 bridgehead atoms. The van der Waals surface area contributed by atoms with Crippen LogP contribution in [0.4, 0.5) is 11.4 Å². The van der Waals surface area contributed by atoms with Gasteiger partial charge in [-0.3, -0.25) is 9.59 Å². The van der Waals surface area contributed by atoms with Gasteiger partial charge in [0.05, 0.1) is 0 Å². The average molecular weight is 578 g/mol. The van der Waals surface area contributed by atoms with Gasteiger partial charge in [-0.2, -0.15) is 0 Å². The van der Waals surface area contributed by atoms with Crippen molar-refractivity contribution in [2.24, 2.45) is 0 Å². The van der Waals surface area contributed by atoms with Gasteiger partial charge in [0.15, 0.2) is 12.2 Å². The number of hydrogen-bond donors (Lipinski definition) is 0. The third-order valence-electron chi connectivity index (χ3n) is 6.16. The quantitative estimate of drug-likeness (QED) is 0.188. The number of anilines is 2. The summed E-state index contributed by atoms with van der Waals surface area (Å²) in [6.45, 7) is 3.86. The molecule has 206 valence electrons. The second-order valence-electron chi connectivity index (χ2n) is 9.08. The van der Waals surface area contributed by atoms with Gasteiger partial charge in [-0.15, -0.1) is 0 Å². The zero-order valence-corrected chi connectivity index (χ0v) is 23.8. The van der Waals surface area contributed by atoms with E-state index in [0.29, 0.717) is 32.9 Å². The molecule has 0 aliphatic carbocycles. The van der Waals surface area contributed by atoms with Gasteiger partial charge in [-0.05, 0) is 86.6 Å². The number of carbonyl (C=O) groups is 2. The molecule has 0 saturated carbocycles. The molecule has 2 amide bonds. The normalized spacial score (nSPS) is 12.2. The summed E-state index contributed by atoms with van der Waals surface area (Å²) in [5.74, 6) is 0.583. The molecule has 0 radical (unpaired) electrons. The van der Waals surface area contributed by atoms with Crippen LogP contribution in [-0.4, -0.2) is 37.1 Å². The van der Waals surface area contributed by atoms with Crippen LogP contribution in [0.2, 0.25) is 10.0 Å². The van der Waals surface area contributed by atoms with Crippen LogP contribution in [-0.2, 0) is 9.59 Å². The van der Waals surface area contributed by atoms with E-state index in [9.17, 15) is 9.59 Å². The van der Waals surface area contributed by atoms with E-state index in [0.717, 1.165) is 0 Å². The van der Waals surface area contributed by atoms with E-state index in [2.05, 4.69) is 0 Å². The second kappa shape index (κ2) is 13.9. The lowest BCUT2D eigenvalue weighted by Gasteiger charge is -2.31. The van der Waals surface area contributed by atoms with Crippen LogP contribution in [0.3, 0.4) is 0 Å². The van der Waals surface area contributed by atoms with Crippen molar-refractivity contribution < 1.29 is 19.1 Å². The highest BCUT2D eigenvalue weighted by molar-refractivity contribution is 6.30. The predicted octanol–water partition coefficient (Wildman–Crippen LogP) is 7.29. The fraction of sp³-hybridized carbons (Fsp3) is 0.188. The molecular formula is C32H30Cl2N2O4. The molecule has 0 spiro atoms. The molecule has 0 fully saturated rings. The molecule has 6 nitrogen and oxygen atoms in total. The van der Waals surface area contributed by atoms with Crippen LogP contribution in [0.5, 0.6) is 11.5 Å². The Kier molecular flexibility index (Phi) is 10.1. The summed E-state index contributed by atoms with van der Waals surface area (Å²) in [6, 6.07) is 32.4. The first kappa shape index (κ1) is 29.0. The number of benzene rings is 4. The molecule has 0 saturated heterocycles. The highest BCUT2D eigenvalue weighted by Crippen LogP contribution is 2.23. The topological polar surface area (TPSA) is 59.1 Å². The van der Waals surface area contributed by atoms with Crippen molar-refractivity contribution in [3.05, 3.63) is 119 Å². The van der Waals surface area contributed by atoms with E-state index in [1.807, 2.05) is 60.7 Å². The van der Waals surface area contributed by atoms with E-state index >= 15 is 0 Å². The minimum Gasteiger partial charge on any atom is -0.481 e. The standard InChI is InChI=1S/C32H30Cl2N2O4/c1-23(39-29-17-13-25(33)14-18-29)31(37)35(27-9-5-3-6-10-27)21-22-36(28-11-7-4-8-12-28)32(38)24(2)40-30-19-15-26(34)16-20-30/h3-20,23-24H,21-22H2,1-2H3. The number of hydrogen-bond acceptors (Lipinski definition) is 4. The van der Waals surface area contributed by atoms with Crippen LogP contribution in [0.1, 0.15) is 13.8 Å². The van der Waals surface area contributed by atoms with Crippen LogP contribution in [0, 0.1) is 0 Å². The third-order valence-corrected chi connectivity index (χ3v) is 6.67. The highest BCUT2D eigenvalue weighted by atomic mass is 35.5. The van der Waals surface area contributed by atoms with Gasteiger partial charge in [0.1, 0.15) is 11.5 Å². The Bertz CT molecular complexity index is 1280. The molecule has 0 aromatic heterocycles. The minimum absolute atomic E-state index is 0.228. The summed E-state index contributed by atoms with van der Waals surface area (Å²) < 4.78 is 11.9. The zero-order valence-electron chi connectivity index (χ0n) is 22.2. The van der Waals surface area contributed by atoms with Gasteiger partial charge < -0.3 is 19.3 Å². The first-order valence-corrected chi connectivity index (χ1v) is 13.6. The number of para-hydroxylation sites is 2. The van der Waals surface area contributed by atoms with Gasteiger partial charge in [0.2, 0.25) is 0 Å². The van der Waals surface area contributed by atoms with Crippen molar-refractivity contribution in [3.63, 3.8) is 0 Å². The summed E-state index contributed by atoms with van der Waals surface area (Å²) in [7, 11) is 0. The highest BCUT2D eigenvalue weighted by Gasteiger charge is 2.28. The van der Waals surface area contributed by atoms with Crippen LogP contribution in [0.15, 0.2) is 109 Å². The minimum atomic E-state index is -0.783. The fourth-order valence-electron chi connectivity index (χ4n) is 4.12. The van der Waals surface area contributed by atoms with Gasteiger partial charge in [0, 0.05) is 34.5 Å². The van der Waals surface area contributed by atoms with Gasteiger partial charge >= 0.3 is 0 Å². The Morgan fingerprint density at radius 1 is 0.575 bits per heavy atom. The van der Waals surface area contributed by atoms with Crippen LogP contribution >= 0.6 is 23.2 Å². The number of ether oxygens (including phenoxy) is 2. The predicted molar refractivity (Wildman–Crippen MR) is 161 cm³/mol. The lowest BCUT2D eigenvalue weighted by atomic mass is 10.2. The third kappa shape index (κ3) is 7.78. The lowest BCUT2D eigenvalue weighted by molar-refractivity contribution is -0.126. The largest absolute Gasteiger partial charge is 0.481 e. The van der Waals surface area contributed by atoms with Crippen molar-refractivity contribution in [1.82, 2.24) is 0 Å². The number of halogens is 2. The molecule has 8 heteroatoms. The van der Waals surface area contributed by atoms with E-state index < -0.39 is 12.2 Å². The Balaban J connectivity index is 1.54. The molecule has 40 heavy (non-hydrogen) atoms. The van der Waals surface area contributed by atoms with Gasteiger partial charge in [-0.25, -0.2) is 0 Å². The summed E-state index contributed by atoms with van der Waals surface area (Å²) in [6.07, 6.45) is -1.57. The van der Waals surface area contributed by atoms with E-state index in [4.69, 9.17) is 32.7 Å². The van der Waals surface area contributed by atoms with Crippen molar-refractivity contribution in [1.29, 1.82) is 0 Å². The first-order valence-electron chi connectivity index (χ1n) is 12.9. The van der Waals surface area contributed by atoms with E-state index in [1.165, 1.54) is 0 Å². The molecule has 4 rings (SSSR count). The van der Waals surface area contributed by atoms with Gasteiger partial charge in [0.25, 0.3) is 11.8 Å². The number of rotatable bonds is 11. The van der Waals surface area contributed by atoms with Crippen molar-refractivity contribution >= 4 is 46.4 Å². The van der Waals surface area contributed by atoms with Crippen molar-refractivity contribution in [2.75, 3.05) is 22.9 Å². The fourth-order valence-corrected chi connectivity index (χ4v) is 4.38. The SMILES string of the molecule is CC(Oc1ccc(Cl)cc1)C(=O)N(CCN(C(=O)C(C)Oc1ccc(Cl)cc1)c1ccccc1)c1ccccc1. The Morgan fingerprint density at radius 2 is 0.900 bits per heavy atom. The Labute approximate surface area is 244 Å². The lowest BCUT2D eigenvalue weighted by Crippen LogP contribution is -2.48. The maximum absolute atomic E-state index is 13.7. The molecule has 0 aliphatic rings. The van der Waals surface area contributed by atoms with Crippen LogP contribution < -0.4 is 19.3 Å². The molecular weight excluding hydrogens is 547 g/mol. The van der Waals surface area contributed by atoms with Crippen molar-refractivity contribution in [2.45, 2.75) is 26.1 Å². The molecule has 4 aromatic rings. The molecule has 2 atom stereocenters. The maximum Gasteiger partial charge on any atom is 0.267 e. The monoisotopic (exact) mass is 576 g/mol. The van der Waals surface area contributed by atoms with Crippen LogP contribution in [0.25, 0.3) is 0 Å². The molecule has 0 aliphatic heterocycles. The average Bonchev–Trinajstić information content (AvgIpc) is 2.98. The summed E-state index contributed by atoms with van der Waals surface area (Å²) in [5, 5.41) is 1.16. The summed E-state index contributed by atoms with van der Waals surface area (Å²) in [4.78, 5) is 30.6. The second-order valence-corrected chi connectivity index (χ2v) is 9.95. The number of nitrogens with zero attached hydrogens (tertiary/aromatic N) is 2. The summed E-state index contributed by atoms with van der Waals surface area (Å²) in [5.41, 5.74) is 1.40.